The highest BCUT2D eigenvalue weighted by atomic mass is 16.5. The summed E-state index contributed by atoms with van der Waals surface area (Å²) in [7, 11) is 0. The Morgan fingerprint density at radius 1 is 0.875 bits per heavy atom. The van der Waals surface area contributed by atoms with Crippen molar-refractivity contribution in [3.05, 3.63) is 28.8 Å². The zero-order valence-electron chi connectivity index (χ0n) is 16.3. The highest BCUT2D eigenvalue weighted by Gasteiger charge is 2.36. The molecule has 0 bridgehead atoms. The van der Waals surface area contributed by atoms with Crippen LogP contribution in [0.25, 0.3) is 0 Å². The van der Waals surface area contributed by atoms with Gasteiger partial charge in [-0.05, 0) is 59.1 Å². The van der Waals surface area contributed by atoms with E-state index in [1.165, 1.54) is 31.2 Å². The fraction of sp³-hybridized carbons (Fsp3) is 0.727. The topological polar surface area (TPSA) is 29.5 Å². The van der Waals surface area contributed by atoms with Crippen LogP contribution in [0.5, 0.6) is 5.75 Å². The number of hydrogen-bond donors (Lipinski definition) is 1. The van der Waals surface area contributed by atoms with Gasteiger partial charge in [0.1, 0.15) is 5.75 Å². The van der Waals surface area contributed by atoms with E-state index in [1.54, 1.807) is 0 Å². The summed E-state index contributed by atoms with van der Waals surface area (Å²) in [5, 5.41) is 10.9. The molecule has 2 fully saturated rings. The van der Waals surface area contributed by atoms with Crippen molar-refractivity contribution >= 4 is 0 Å². The summed E-state index contributed by atoms with van der Waals surface area (Å²) in [6.07, 6.45) is 5.61. The van der Waals surface area contributed by atoms with Gasteiger partial charge in [0.15, 0.2) is 0 Å². The molecule has 2 nitrogen and oxygen atoms in total. The zero-order chi connectivity index (χ0) is 17.7. The first-order valence-corrected chi connectivity index (χ1v) is 9.57. The van der Waals surface area contributed by atoms with Gasteiger partial charge < -0.3 is 9.84 Å². The average molecular weight is 331 g/mol. The van der Waals surface area contributed by atoms with Crippen LogP contribution in [0.1, 0.15) is 89.8 Å². The highest BCUT2D eigenvalue weighted by molar-refractivity contribution is 5.50. The highest BCUT2D eigenvalue weighted by Crippen LogP contribution is 2.44. The van der Waals surface area contributed by atoms with Crippen molar-refractivity contribution in [3.8, 4) is 5.75 Å². The minimum Gasteiger partial charge on any atom is -0.507 e. The van der Waals surface area contributed by atoms with Gasteiger partial charge in [0.05, 0.1) is 12.7 Å². The molecule has 1 N–H and O–H groups in total. The number of rotatable bonds is 2. The molecule has 2 atom stereocenters. The quantitative estimate of drug-likeness (QED) is 0.758. The molecule has 2 unspecified atom stereocenters. The van der Waals surface area contributed by atoms with Crippen molar-refractivity contribution in [1.82, 2.24) is 0 Å². The standard InChI is InChI=1S/C22H34O2/c1-21(2,3)17-11-16(12-18(20(17)23)22(4,5)6)15-9-10-19(24-13-15)14-7-8-14/h11-12,14-15,19,23H,7-10,13H2,1-6H3. The van der Waals surface area contributed by atoms with Crippen LogP contribution in [0.2, 0.25) is 0 Å². The lowest BCUT2D eigenvalue weighted by molar-refractivity contribution is -0.00907. The Morgan fingerprint density at radius 3 is 1.79 bits per heavy atom. The van der Waals surface area contributed by atoms with Gasteiger partial charge in [0.25, 0.3) is 0 Å². The van der Waals surface area contributed by atoms with Crippen molar-refractivity contribution < 1.29 is 9.84 Å². The van der Waals surface area contributed by atoms with Crippen LogP contribution in [0.3, 0.4) is 0 Å². The number of aromatic hydroxyl groups is 1. The maximum Gasteiger partial charge on any atom is 0.123 e. The number of phenolic OH excluding ortho intramolecular Hbond substituents is 1. The van der Waals surface area contributed by atoms with Crippen LogP contribution in [0.4, 0.5) is 0 Å². The molecule has 1 aliphatic carbocycles. The zero-order valence-corrected chi connectivity index (χ0v) is 16.3. The van der Waals surface area contributed by atoms with E-state index in [0.29, 0.717) is 17.8 Å². The van der Waals surface area contributed by atoms with Crippen molar-refractivity contribution in [3.63, 3.8) is 0 Å². The molecule has 1 aromatic rings. The molecule has 134 valence electrons. The summed E-state index contributed by atoms with van der Waals surface area (Å²) in [6.45, 7) is 13.9. The van der Waals surface area contributed by atoms with Gasteiger partial charge in [0, 0.05) is 5.92 Å². The Morgan fingerprint density at radius 2 is 1.42 bits per heavy atom. The molecule has 2 heteroatoms. The smallest absolute Gasteiger partial charge is 0.123 e. The van der Waals surface area contributed by atoms with Crippen LogP contribution < -0.4 is 0 Å². The summed E-state index contributed by atoms with van der Waals surface area (Å²) in [6, 6.07) is 4.46. The third kappa shape index (κ3) is 3.64. The Hall–Kier alpha value is -1.02. The Labute approximate surface area is 147 Å². The molecule has 0 aromatic heterocycles. The van der Waals surface area contributed by atoms with Gasteiger partial charge >= 0.3 is 0 Å². The summed E-state index contributed by atoms with van der Waals surface area (Å²) < 4.78 is 6.19. The largest absolute Gasteiger partial charge is 0.507 e. The van der Waals surface area contributed by atoms with E-state index >= 15 is 0 Å². The maximum absolute atomic E-state index is 10.9. The molecular weight excluding hydrogens is 296 g/mol. The van der Waals surface area contributed by atoms with E-state index in [4.69, 9.17) is 4.74 Å². The first kappa shape index (κ1) is 17.8. The lowest BCUT2D eigenvalue weighted by Gasteiger charge is -2.33. The summed E-state index contributed by atoms with van der Waals surface area (Å²) in [5.41, 5.74) is 3.35. The second-order valence-corrected chi connectivity index (χ2v) is 9.95. The second kappa shape index (κ2) is 6.05. The lowest BCUT2D eigenvalue weighted by Crippen LogP contribution is -2.27. The SMILES string of the molecule is CC(C)(C)c1cc(C2CCC(C3CC3)OC2)cc(C(C)(C)C)c1O. The molecule has 24 heavy (non-hydrogen) atoms. The molecule has 1 heterocycles. The van der Waals surface area contributed by atoms with Gasteiger partial charge in [0.2, 0.25) is 0 Å². The van der Waals surface area contributed by atoms with Crippen LogP contribution in [-0.2, 0) is 15.6 Å². The molecule has 0 amide bonds. The summed E-state index contributed by atoms with van der Waals surface area (Å²) >= 11 is 0. The molecule has 1 aliphatic heterocycles. The van der Waals surface area contributed by atoms with Gasteiger partial charge in [-0.25, -0.2) is 0 Å². The Balaban J connectivity index is 1.92. The van der Waals surface area contributed by atoms with Crippen LogP contribution in [0, 0.1) is 5.92 Å². The molecule has 2 aliphatic rings. The molecule has 0 spiro atoms. The van der Waals surface area contributed by atoms with Gasteiger partial charge in [-0.1, -0.05) is 53.7 Å². The second-order valence-electron chi connectivity index (χ2n) is 9.95. The Kier molecular flexibility index (Phi) is 4.49. The van der Waals surface area contributed by atoms with E-state index in [1.807, 2.05) is 0 Å². The summed E-state index contributed by atoms with van der Waals surface area (Å²) in [4.78, 5) is 0. The fourth-order valence-electron chi connectivity index (χ4n) is 3.91. The van der Waals surface area contributed by atoms with Crippen molar-refractivity contribution in [1.29, 1.82) is 0 Å². The minimum atomic E-state index is -0.0633. The molecular formula is C22H34O2. The molecule has 0 radical (unpaired) electrons. The fourth-order valence-corrected chi connectivity index (χ4v) is 3.91. The van der Waals surface area contributed by atoms with Crippen molar-refractivity contribution in [2.24, 2.45) is 5.92 Å². The van der Waals surface area contributed by atoms with Gasteiger partial charge in [-0.3, -0.25) is 0 Å². The molecule has 3 rings (SSSR count). The third-order valence-electron chi connectivity index (χ3n) is 5.68. The first-order valence-electron chi connectivity index (χ1n) is 9.57. The number of phenols is 1. The van der Waals surface area contributed by atoms with Crippen LogP contribution >= 0.6 is 0 Å². The van der Waals surface area contributed by atoms with E-state index in [9.17, 15) is 5.11 Å². The monoisotopic (exact) mass is 330 g/mol. The minimum absolute atomic E-state index is 0.0633. The van der Waals surface area contributed by atoms with E-state index in [-0.39, 0.29) is 10.8 Å². The van der Waals surface area contributed by atoms with Gasteiger partial charge in [-0.2, -0.15) is 0 Å². The predicted octanol–water partition coefficient (Wildman–Crippen LogP) is 5.66. The Bertz CT molecular complexity index is 556. The van der Waals surface area contributed by atoms with E-state index in [0.717, 1.165) is 23.7 Å². The van der Waals surface area contributed by atoms with E-state index in [2.05, 4.69) is 53.7 Å². The van der Waals surface area contributed by atoms with Gasteiger partial charge in [-0.15, -0.1) is 0 Å². The summed E-state index contributed by atoms with van der Waals surface area (Å²) in [5.74, 6) is 1.77. The molecule has 1 saturated heterocycles. The number of ether oxygens (including phenoxy) is 1. The number of benzene rings is 1. The van der Waals surface area contributed by atoms with Crippen molar-refractivity contribution in [2.45, 2.75) is 90.1 Å². The lowest BCUT2D eigenvalue weighted by atomic mass is 9.76. The van der Waals surface area contributed by atoms with Crippen LogP contribution in [-0.4, -0.2) is 17.8 Å². The predicted molar refractivity (Wildman–Crippen MR) is 99.9 cm³/mol. The number of hydrogen-bond acceptors (Lipinski definition) is 2. The normalized spacial score (nSPS) is 25.8. The first-order chi connectivity index (χ1) is 11.1. The van der Waals surface area contributed by atoms with Crippen LogP contribution in [0.15, 0.2) is 12.1 Å². The van der Waals surface area contributed by atoms with E-state index < -0.39 is 0 Å². The molecule has 1 aromatic carbocycles. The molecule has 1 saturated carbocycles. The maximum atomic E-state index is 10.9. The van der Waals surface area contributed by atoms with Crippen molar-refractivity contribution in [2.75, 3.05) is 6.61 Å². The average Bonchev–Trinajstić information content (AvgIpc) is 3.30. The third-order valence-corrected chi connectivity index (χ3v) is 5.68.